The fourth-order valence-corrected chi connectivity index (χ4v) is 3.94. The molecule has 1 N–H and O–H groups in total. The van der Waals surface area contributed by atoms with Crippen LogP contribution < -0.4 is 5.32 Å². The number of nitrogens with zero attached hydrogens (tertiary/aromatic N) is 1. The molecule has 0 saturated heterocycles. The summed E-state index contributed by atoms with van der Waals surface area (Å²) in [6.07, 6.45) is 0.523. The van der Waals surface area contributed by atoms with E-state index in [2.05, 4.69) is 5.32 Å². The highest BCUT2D eigenvalue weighted by molar-refractivity contribution is 7.99. The Hall–Kier alpha value is -2.34. The number of rotatable bonds is 9. The fourth-order valence-electron chi connectivity index (χ4n) is 3.04. The molecule has 0 radical (unpaired) electrons. The second kappa shape index (κ2) is 10.9. The second-order valence-electron chi connectivity index (χ2n) is 6.63. The molecule has 28 heavy (non-hydrogen) atoms. The SMILES string of the molecule is CC[C@H](C(=O)NC)N(Cc1cccc(C)c1)C(=O)CSCc1ccccc1F. The van der Waals surface area contributed by atoms with Gasteiger partial charge in [-0.3, -0.25) is 9.59 Å². The maximum Gasteiger partial charge on any atom is 0.242 e. The minimum absolute atomic E-state index is 0.127. The Bertz CT molecular complexity index is 813. The van der Waals surface area contributed by atoms with Gasteiger partial charge in [0.25, 0.3) is 0 Å². The molecule has 0 fully saturated rings. The van der Waals surface area contributed by atoms with Crippen LogP contribution in [0.4, 0.5) is 4.39 Å². The summed E-state index contributed by atoms with van der Waals surface area (Å²) in [5, 5.41) is 2.65. The summed E-state index contributed by atoms with van der Waals surface area (Å²) in [6.45, 7) is 4.26. The van der Waals surface area contributed by atoms with Crippen molar-refractivity contribution < 1.29 is 14.0 Å². The predicted octanol–water partition coefficient (Wildman–Crippen LogP) is 3.92. The van der Waals surface area contributed by atoms with Crippen molar-refractivity contribution in [1.82, 2.24) is 10.2 Å². The van der Waals surface area contributed by atoms with Crippen LogP contribution in [0.2, 0.25) is 0 Å². The van der Waals surface area contributed by atoms with Gasteiger partial charge >= 0.3 is 0 Å². The van der Waals surface area contributed by atoms with E-state index < -0.39 is 6.04 Å². The molecule has 2 amide bonds. The third kappa shape index (κ3) is 6.09. The summed E-state index contributed by atoms with van der Waals surface area (Å²) in [6, 6.07) is 13.9. The van der Waals surface area contributed by atoms with Gasteiger partial charge in [-0.25, -0.2) is 4.39 Å². The average molecular weight is 403 g/mol. The van der Waals surface area contributed by atoms with E-state index in [1.165, 1.54) is 17.8 Å². The van der Waals surface area contributed by atoms with Crippen LogP contribution in [0.1, 0.15) is 30.0 Å². The summed E-state index contributed by atoms with van der Waals surface area (Å²) in [4.78, 5) is 26.9. The predicted molar refractivity (Wildman–Crippen MR) is 112 cm³/mol. The van der Waals surface area contributed by atoms with E-state index in [9.17, 15) is 14.0 Å². The number of halogens is 1. The number of likely N-dealkylation sites (N-methyl/N-ethyl adjacent to an activating group) is 1. The fraction of sp³-hybridized carbons (Fsp3) is 0.364. The van der Waals surface area contributed by atoms with Gasteiger partial charge in [-0.05, 0) is 30.5 Å². The molecule has 0 aliphatic rings. The second-order valence-corrected chi connectivity index (χ2v) is 7.62. The van der Waals surface area contributed by atoms with E-state index in [1.807, 2.05) is 38.1 Å². The van der Waals surface area contributed by atoms with Crippen molar-refractivity contribution in [2.24, 2.45) is 0 Å². The number of carbonyl (C=O) groups is 2. The topological polar surface area (TPSA) is 49.4 Å². The summed E-state index contributed by atoms with van der Waals surface area (Å²) >= 11 is 1.35. The van der Waals surface area contributed by atoms with Crippen molar-refractivity contribution in [3.63, 3.8) is 0 Å². The monoisotopic (exact) mass is 402 g/mol. The third-order valence-electron chi connectivity index (χ3n) is 4.51. The summed E-state index contributed by atoms with van der Waals surface area (Å²) < 4.78 is 13.8. The first-order valence-electron chi connectivity index (χ1n) is 9.34. The van der Waals surface area contributed by atoms with Crippen molar-refractivity contribution in [2.45, 2.75) is 38.6 Å². The molecule has 0 heterocycles. The first-order valence-corrected chi connectivity index (χ1v) is 10.5. The van der Waals surface area contributed by atoms with Crippen LogP contribution in [0.5, 0.6) is 0 Å². The zero-order chi connectivity index (χ0) is 20.5. The lowest BCUT2D eigenvalue weighted by atomic mass is 10.1. The lowest BCUT2D eigenvalue weighted by Crippen LogP contribution is -2.48. The number of carbonyl (C=O) groups excluding carboxylic acids is 2. The van der Waals surface area contributed by atoms with E-state index in [1.54, 1.807) is 30.1 Å². The molecular formula is C22H27FN2O2S. The van der Waals surface area contributed by atoms with Gasteiger partial charge in [0.05, 0.1) is 5.75 Å². The van der Waals surface area contributed by atoms with Crippen LogP contribution in [0.25, 0.3) is 0 Å². The standard InChI is InChI=1S/C22H27FN2O2S/c1-4-20(22(27)24-3)25(13-17-9-7-8-16(2)12-17)21(26)15-28-14-18-10-5-6-11-19(18)23/h5-12,20H,4,13-15H2,1-3H3,(H,24,27)/t20-/m1/s1. The Morgan fingerprint density at radius 2 is 1.93 bits per heavy atom. The maximum absolute atomic E-state index is 13.8. The minimum atomic E-state index is -0.535. The average Bonchev–Trinajstić information content (AvgIpc) is 2.69. The Morgan fingerprint density at radius 3 is 2.57 bits per heavy atom. The third-order valence-corrected chi connectivity index (χ3v) is 5.47. The summed E-state index contributed by atoms with van der Waals surface area (Å²) in [5.41, 5.74) is 2.66. The molecule has 150 valence electrons. The van der Waals surface area contributed by atoms with Crippen LogP contribution in [-0.2, 0) is 21.9 Å². The quantitative estimate of drug-likeness (QED) is 0.692. The molecule has 1 atom stereocenters. The Labute approximate surface area is 170 Å². The van der Waals surface area contributed by atoms with Gasteiger partial charge < -0.3 is 10.2 Å². The van der Waals surface area contributed by atoms with Crippen molar-refractivity contribution in [2.75, 3.05) is 12.8 Å². The van der Waals surface area contributed by atoms with Crippen molar-refractivity contribution in [3.8, 4) is 0 Å². The Morgan fingerprint density at radius 1 is 1.18 bits per heavy atom. The first kappa shape index (κ1) is 22.0. The van der Waals surface area contributed by atoms with Gasteiger partial charge in [-0.15, -0.1) is 11.8 Å². The maximum atomic E-state index is 13.8. The van der Waals surface area contributed by atoms with Crippen LogP contribution in [0, 0.1) is 12.7 Å². The van der Waals surface area contributed by atoms with E-state index in [-0.39, 0.29) is 23.4 Å². The number of aryl methyl sites for hydroxylation is 1. The number of thioether (sulfide) groups is 1. The van der Waals surface area contributed by atoms with Crippen LogP contribution in [0.3, 0.4) is 0 Å². The van der Waals surface area contributed by atoms with E-state index in [0.29, 0.717) is 24.3 Å². The van der Waals surface area contributed by atoms with Gasteiger partial charge in [0.1, 0.15) is 11.9 Å². The van der Waals surface area contributed by atoms with Crippen LogP contribution in [-0.4, -0.2) is 35.6 Å². The molecule has 4 nitrogen and oxygen atoms in total. The lowest BCUT2D eigenvalue weighted by molar-refractivity contribution is -0.139. The van der Waals surface area contributed by atoms with Gasteiger partial charge in [0.2, 0.25) is 11.8 Å². The highest BCUT2D eigenvalue weighted by Gasteiger charge is 2.27. The minimum Gasteiger partial charge on any atom is -0.357 e. The van der Waals surface area contributed by atoms with Gasteiger partial charge in [-0.2, -0.15) is 0 Å². The van der Waals surface area contributed by atoms with Crippen LogP contribution in [0.15, 0.2) is 48.5 Å². The number of nitrogens with one attached hydrogen (secondary N) is 1. The molecule has 0 unspecified atom stereocenters. The van der Waals surface area contributed by atoms with Crippen molar-refractivity contribution in [3.05, 3.63) is 71.0 Å². The number of hydrogen-bond acceptors (Lipinski definition) is 3. The van der Waals surface area contributed by atoms with E-state index in [4.69, 9.17) is 0 Å². The smallest absolute Gasteiger partial charge is 0.242 e. The van der Waals surface area contributed by atoms with Gasteiger partial charge in [0, 0.05) is 19.3 Å². The molecule has 0 saturated carbocycles. The Balaban J connectivity index is 2.11. The van der Waals surface area contributed by atoms with E-state index >= 15 is 0 Å². The number of amides is 2. The van der Waals surface area contributed by atoms with Crippen LogP contribution >= 0.6 is 11.8 Å². The van der Waals surface area contributed by atoms with Crippen molar-refractivity contribution in [1.29, 1.82) is 0 Å². The summed E-state index contributed by atoms with van der Waals surface area (Å²) in [5.74, 6) is 0.0259. The molecule has 0 aliphatic heterocycles. The molecule has 2 aromatic carbocycles. The molecule has 0 aliphatic carbocycles. The van der Waals surface area contributed by atoms with Gasteiger partial charge in [-0.1, -0.05) is 55.0 Å². The molecule has 0 spiro atoms. The molecule has 6 heteroatoms. The number of hydrogen-bond donors (Lipinski definition) is 1. The lowest BCUT2D eigenvalue weighted by Gasteiger charge is -2.30. The highest BCUT2D eigenvalue weighted by Crippen LogP contribution is 2.19. The largest absolute Gasteiger partial charge is 0.357 e. The van der Waals surface area contributed by atoms with Gasteiger partial charge in [0.15, 0.2) is 0 Å². The molecule has 0 bridgehead atoms. The zero-order valence-electron chi connectivity index (χ0n) is 16.6. The molecule has 2 rings (SSSR count). The molecule has 0 aromatic heterocycles. The molecular weight excluding hydrogens is 375 g/mol. The Kier molecular flexibility index (Phi) is 8.51. The first-order chi connectivity index (χ1) is 13.5. The summed E-state index contributed by atoms with van der Waals surface area (Å²) in [7, 11) is 1.58. The highest BCUT2D eigenvalue weighted by atomic mass is 32.2. The zero-order valence-corrected chi connectivity index (χ0v) is 17.4. The normalized spacial score (nSPS) is 11.7. The van der Waals surface area contributed by atoms with Crippen molar-refractivity contribution >= 4 is 23.6 Å². The molecule has 2 aromatic rings. The van der Waals surface area contributed by atoms with E-state index in [0.717, 1.165) is 11.1 Å². The number of benzene rings is 2.